The molecule has 94 valence electrons. The lowest BCUT2D eigenvalue weighted by molar-refractivity contribution is 0.476. The second-order valence-corrected chi connectivity index (χ2v) is 5.73. The van der Waals surface area contributed by atoms with Crippen molar-refractivity contribution in [3.8, 4) is 0 Å². The third kappa shape index (κ3) is 3.19. The molecule has 0 bridgehead atoms. The van der Waals surface area contributed by atoms with Gasteiger partial charge in [0.15, 0.2) is 0 Å². The summed E-state index contributed by atoms with van der Waals surface area (Å²) in [6.45, 7) is 3.07. The first-order valence-corrected chi connectivity index (χ1v) is 7.32. The minimum Gasteiger partial charge on any atom is -0.309 e. The maximum atomic E-state index is 13.8. The molecule has 2 heterocycles. The van der Waals surface area contributed by atoms with E-state index in [1.807, 2.05) is 17.8 Å². The van der Waals surface area contributed by atoms with Crippen LogP contribution in [0, 0.1) is 5.82 Å². The van der Waals surface area contributed by atoms with Gasteiger partial charge in [-0.25, -0.2) is 4.39 Å². The molecule has 1 aliphatic heterocycles. The Morgan fingerprint density at radius 2 is 2.53 bits per heavy atom. The first kappa shape index (κ1) is 12.8. The van der Waals surface area contributed by atoms with Crippen LogP contribution in [0.25, 0.3) is 0 Å². The third-order valence-electron chi connectivity index (χ3n) is 3.09. The molecule has 2 atom stereocenters. The number of rotatable bonds is 5. The molecule has 1 aromatic heterocycles. The number of thioether (sulfide) groups is 1. The summed E-state index contributed by atoms with van der Waals surface area (Å²) in [5.41, 5.74) is 0.771. The Labute approximate surface area is 106 Å². The van der Waals surface area contributed by atoms with Gasteiger partial charge < -0.3 is 5.32 Å². The number of nitrogens with zero attached hydrogens (tertiary/aromatic N) is 1. The zero-order chi connectivity index (χ0) is 12.1. The largest absolute Gasteiger partial charge is 0.309 e. The van der Waals surface area contributed by atoms with Gasteiger partial charge in [-0.3, -0.25) is 4.98 Å². The van der Waals surface area contributed by atoms with Crippen LogP contribution in [0.3, 0.4) is 0 Å². The molecular weight excluding hydrogens is 235 g/mol. The zero-order valence-corrected chi connectivity index (χ0v) is 11.0. The van der Waals surface area contributed by atoms with Gasteiger partial charge in [0.2, 0.25) is 0 Å². The van der Waals surface area contributed by atoms with Gasteiger partial charge in [0.25, 0.3) is 0 Å². The molecule has 1 N–H and O–H groups in total. The van der Waals surface area contributed by atoms with Crippen molar-refractivity contribution in [2.45, 2.75) is 37.5 Å². The maximum Gasteiger partial charge on any atom is 0.146 e. The Kier molecular flexibility index (Phi) is 4.80. The molecule has 17 heavy (non-hydrogen) atoms. The van der Waals surface area contributed by atoms with Crippen molar-refractivity contribution in [2.24, 2.45) is 0 Å². The predicted octanol–water partition coefficient (Wildman–Crippen LogP) is 3.16. The van der Waals surface area contributed by atoms with E-state index >= 15 is 0 Å². The summed E-state index contributed by atoms with van der Waals surface area (Å²) < 4.78 is 13.8. The van der Waals surface area contributed by atoms with Gasteiger partial charge in [-0.15, -0.1) is 0 Å². The topological polar surface area (TPSA) is 24.9 Å². The number of aromatic nitrogens is 1. The molecule has 2 nitrogen and oxygen atoms in total. The molecule has 0 radical (unpaired) electrons. The number of hydrogen-bond donors (Lipinski definition) is 1. The molecule has 0 amide bonds. The highest BCUT2D eigenvalue weighted by atomic mass is 32.2. The van der Waals surface area contributed by atoms with E-state index < -0.39 is 0 Å². The van der Waals surface area contributed by atoms with E-state index in [-0.39, 0.29) is 11.9 Å². The van der Waals surface area contributed by atoms with Gasteiger partial charge in [0.05, 0.1) is 6.20 Å². The molecule has 1 fully saturated rings. The Bertz CT molecular complexity index is 353. The Morgan fingerprint density at radius 3 is 3.18 bits per heavy atom. The van der Waals surface area contributed by atoms with Gasteiger partial charge in [-0.05, 0) is 37.6 Å². The maximum absolute atomic E-state index is 13.8. The molecule has 4 heteroatoms. The highest BCUT2D eigenvalue weighted by molar-refractivity contribution is 8.00. The van der Waals surface area contributed by atoms with Gasteiger partial charge in [-0.1, -0.05) is 6.92 Å². The Balaban J connectivity index is 2.16. The molecule has 0 aliphatic carbocycles. The van der Waals surface area contributed by atoms with Gasteiger partial charge in [-0.2, -0.15) is 11.8 Å². The second kappa shape index (κ2) is 6.36. The standard InChI is InChI=1S/C13H19FN2S/c1-2-6-16-13(12-4-3-8-17-12)10-5-7-15-9-11(10)14/h5,7,9,12-13,16H,2-4,6,8H2,1H3. The van der Waals surface area contributed by atoms with Gasteiger partial charge in [0.1, 0.15) is 5.82 Å². The number of halogens is 1. The van der Waals surface area contributed by atoms with Gasteiger partial charge in [0, 0.05) is 23.1 Å². The summed E-state index contributed by atoms with van der Waals surface area (Å²) in [5, 5.41) is 3.98. The summed E-state index contributed by atoms with van der Waals surface area (Å²) in [5.74, 6) is 1.01. The van der Waals surface area contributed by atoms with Crippen LogP contribution in [0.5, 0.6) is 0 Å². The summed E-state index contributed by atoms with van der Waals surface area (Å²) >= 11 is 1.95. The monoisotopic (exact) mass is 254 g/mol. The van der Waals surface area contributed by atoms with Crippen molar-refractivity contribution in [2.75, 3.05) is 12.3 Å². The normalized spacial score (nSPS) is 21.6. The van der Waals surface area contributed by atoms with E-state index in [0.717, 1.165) is 18.5 Å². The van der Waals surface area contributed by atoms with Crippen LogP contribution in [0.1, 0.15) is 37.8 Å². The summed E-state index contributed by atoms with van der Waals surface area (Å²) in [4.78, 5) is 3.82. The lowest BCUT2D eigenvalue weighted by Gasteiger charge is -2.24. The lowest BCUT2D eigenvalue weighted by atomic mass is 10.0. The smallest absolute Gasteiger partial charge is 0.146 e. The average Bonchev–Trinajstić information content (AvgIpc) is 2.85. The number of pyridine rings is 1. The number of hydrogen-bond acceptors (Lipinski definition) is 3. The predicted molar refractivity (Wildman–Crippen MR) is 70.7 cm³/mol. The van der Waals surface area contributed by atoms with Crippen molar-refractivity contribution in [1.29, 1.82) is 0 Å². The van der Waals surface area contributed by atoms with Crippen molar-refractivity contribution in [3.05, 3.63) is 29.8 Å². The fourth-order valence-corrected chi connectivity index (χ4v) is 3.65. The summed E-state index contributed by atoms with van der Waals surface area (Å²) in [6.07, 6.45) is 6.48. The molecule has 0 aromatic carbocycles. The lowest BCUT2D eigenvalue weighted by Crippen LogP contribution is -2.30. The van der Waals surface area contributed by atoms with Crippen LogP contribution >= 0.6 is 11.8 Å². The van der Waals surface area contributed by atoms with E-state index in [2.05, 4.69) is 17.2 Å². The van der Waals surface area contributed by atoms with E-state index in [1.165, 1.54) is 24.8 Å². The van der Waals surface area contributed by atoms with Crippen LogP contribution in [-0.4, -0.2) is 22.5 Å². The molecule has 2 rings (SSSR count). The van der Waals surface area contributed by atoms with Crippen molar-refractivity contribution < 1.29 is 4.39 Å². The third-order valence-corrected chi connectivity index (χ3v) is 4.55. The highest BCUT2D eigenvalue weighted by Gasteiger charge is 2.28. The first-order valence-electron chi connectivity index (χ1n) is 6.27. The van der Waals surface area contributed by atoms with Gasteiger partial charge >= 0.3 is 0 Å². The number of nitrogens with one attached hydrogen (secondary N) is 1. The minimum absolute atomic E-state index is 0.130. The van der Waals surface area contributed by atoms with Crippen LogP contribution in [0.4, 0.5) is 4.39 Å². The molecule has 0 saturated carbocycles. The van der Waals surface area contributed by atoms with Crippen LogP contribution in [-0.2, 0) is 0 Å². The molecule has 0 spiro atoms. The molecule has 1 saturated heterocycles. The van der Waals surface area contributed by atoms with Crippen LogP contribution < -0.4 is 5.32 Å². The van der Waals surface area contributed by atoms with E-state index in [1.54, 1.807) is 6.20 Å². The fourth-order valence-electron chi connectivity index (χ4n) is 2.25. The molecule has 1 aromatic rings. The Hall–Kier alpha value is -0.610. The fraction of sp³-hybridized carbons (Fsp3) is 0.615. The Morgan fingerprint density at radius 1 is 1.65 bits per heavy atom. The van der Waals surface area contributed by atoms with Crippen molar-refractivity contribution in [1.82, 2.24) is 10.3 Å². The highest BCUT2D eigenvalue weighted by Crippen LogP contribution is 2.36. The molecule has 1 aliphatic rings. The quantitative estimate of drug-likeness (QED) is 0.873. The van der Waals surface area contributed by atoms with Crippen LogP contribution in [0.15, 0.2) is 18.5 Å². The zero-order valence-electron chi connectivity index (χ0n) is 10.2. The van der Waals surface area contributed by atoms with E-state index in [4.69, 9.17) is 0 Å². The summed E-state index contributed by atoms with van der Waals surface area (Å²) in [6, 6.07) is 1.94. The van der Waals surface area contributed by atoms with Crippen LogP contribution in [0.2, 0.25) is 0 Å². The first-order chi connectivity index (χ1) is 8.33. The molecular formula is C13H19FN2S. The van der Waals surface area contributed by atoms with E-state index in [0.29, 0.717) is 5.25 Å². The molecule has 2 unspecified atom stereocenters. The second-order valence-electron chi connectivity index (χ2n) is 4.38. The SMILES string of the molecule is CCCNC(c1ccncc1F)C1CCCS1. The van der Waals surface area contributed by atoms with Crippen molar-refractivity contribution >= 4 is 11.8 Å². The van der Waals surface area contributed by atoms with Crippen molar-refractivity contribution in [3.63, 3.8) is 0 Å². The average molecular weight is 254 g/mol. The minimum atomic E-state index is -0.186. The summed E-state index contributed by atoms with van der Waals surface area (Å²) in [7, 11) is 0. The van der Waals surface area contributed by atoms with E-state index in [9.17, 15) is 4.39 Å².